The average Bonchev–Trinajstić information content (AvgIpc) is 2.78. The topological polar surface area (TPSA) is 44.8 Å². The summed E-state index contributed by atoms with van der Waals surface area (Å²) >= 11 is 6.06. The Hall–Kier alpha value is -1.32. The Morgan fingerprint density at radius 1 is 1.37 bits per heavy atom. The van der Waals surface area contributed by atoms with E-state index in [-0.39, 0.29) is 12.5 Å². The van der Waals surface area contributed by atoms with Crippen molar-refractivity contribution in [3.05, 3.63) is 70.0 Å². The zero-order valence-electron chi connectivity index (χ0n) is 16.0. The number of ether oxygens (including phenoxy) is 1. The lowest BCUT2D eigenvalue weighted by Gasteiger charge is -2.30. The summed E-state index contributed by atoms with van der Waals surface area (Å²) in [4.78, 5) is 0. The summed E-state index contributed by atoms with van der Waals surface area (Å²) in [5, 5.41) is 0.630. The van der Waals surface area contributed by atoms with Crippen molar-refractivity contribution in [2.45, 2.75) is 39.7 Å². The quantitative estimate of drug-likeness (QED) is 0.502. The number of halogens is 1. The summed E-state index contributed by atoms with van der Waals surface area (Å²) in [6.07, 6.45) is 7.24. The van der Waals surface area contributed by atoms with Gasteiger partial charge in [0.15, 0.2) is 6.35 Å². The van der Waals surface area contributed by atoms with E-state index in [2.05, 4.69) is 26.8 Å². The molecule has 1 heterocycles. The lowest BCUT2D eigenvalue weighted by Crippen LogP contribution is -2.16. The molecule has 0 saturated carbocycles. The van der Waals surface area contributed by atoms with Crippen molar-refractivity contribution < 1.29 is 18.3 Å². The molecule has 1 aliphatic carbocycles. The minimum absolute atomic E-state index is 0.108. The van der Waals surface area contributed by atoms with Gasteiger partial charge in [0.2, 0.25) is 0 Å². The molecule has 0 amide bonds. The normalized spacial score (nSPS) is 28.7. The molecular weight excluding hydrogens is 383 g/mol. The van der Waals surface area contributed by atoms with Gasteiger partial charge in [0.05, 0.1) is 12.7 Å². The Morgan fingerprint density at radius 2 is 2.19 bits per heavy atom. The van der Waals surface area contributed by atoms with Crippen LogP contribution in [-0.2, 0) is 18.3 Å². The van der Waals surface area contributed by atoms with Crippen LogP contribution in [0.25, 0.3) is 0 Å². The summed E-state index contributed by atoms with van der Waals surface area (Å²) in [5.74, 6) is 1.04. The zero-order valence-corrected chi connectivity index (χ0v) is 17.6. The number of allylic oxidation sites excluding steroid dienone is 5. The molecule has 2 aliphatic rings. The van der Waals surface area contributed by atoms with Gasteiger partial charge >= 0.3 is 7.60 Å². The molecule has 3 atom stereocenters. The summed E-state index contributed by atoms with van der Waals surface area (Å²) in [5.41, 5.74) is 3.47. The lowest BCUT2D eigenvalue weighted by molar-refractivity contribution is 0.0673. The Kier molecular flexibility index (Phi) is 6.65. The van der Waals surface area contributed by atoms with E-state index in [0.717, 1.165) is 12.0 Å². The van der Waals surface area contributed by atoms with Gasteiger partial charge in [-0.3, -0.25) is 9.09 Å². The van der Waals surface area contributed by atoms with Gasteiger partial charge in [-0.25, -0.2) is 0 Å². The first kappa shape index (κ1) is 20.4. The van der Waals surface area contributed by atoms with E-state index in [1.807, 2.05) is 30.4 Å². The first-order chi connectivity index (χ1) is 12.9. The van der Waals surface area contributed by atoms with E-state index in [4.69, 9.17) is 25.4 Å². The first-order valence-corrected chi connectivity index (χ1v) is 11.4. The fourth-order valence-electron chi connectivity index (χ4n) is 3.49. The molecule has 27 heavy (non-hydrogen) atoms. The van der Waals surface area contributed by atoms with Gasteiger partial charge in [0.1, 0.15) is 5.76 Å². The van der Waals surface area contributed by atoms with Crippen molar-refractivity contribution in [2.75, 3.05) is 13.0 Å². The molecule has 3 rings (SSSR count). The van der Waals surface area contributed by atoms with Crippen molar-refractivity contribution in [3.63, 3.8) is 0 Å². The van der Waals surface area contributed by atoms with Crippen LogP contribution in [0.5, 0.6) is 0 Å². The van der Waals surface area contributed by atoms with Crippen LogP contribution in [0.4, 0.5) is 0 Å². The van der Waals surface area contributed by atoms with Gasteiger partial charge in [0, 0.05) is 11.4 Å². The van der Waals surface area contributed by atoms with E-state index in [9.17, 15) is 4.57 Å². The Balaban J connectivity index is 1.69. The second-order valence-corrected chi connectivity index (χ2v) is 9.30. The smallest absolute Gasteiger partial charge is 0.368 e. The molecule has 2 unspecified atom stereocenters. The van der Waals surface area contributed by atoms with Crippen molar-refractivity contribution in [1.29, 1.82) is 0 Å². The molecule has 1 aromatic rings. The number of hydrogen-bond acceptors (Lipinski definition) is 4. The second kappa shape index (κ2) is 8.79. The average molecular weight is 409 g/mol. The van der Waals surface area contributed by atoms with Crippen molar-refractivity contribution >= 4 is 19.2 Å². The van der Waals surface area contributed by atoms with E-state index in [1.54, 1.807) is 6.07 Å². The van der Waals surface area contributed by atoms with Crippen molar-refractivity contribution in [1.82, 2.24) is 0 Å². The van der Waals surface area contributed by atoms with E-state index >= 15 is 0 Å². The van der Waals surface area contributed by atoms with Gasteiger partial charge in [0.25, 0.3) is 0 Å². The van der Waals surface area contributed by atoms with Gasteiger partial charge in [-0.05, 0) is 54.7 Å². The third-order valence-electron chi connectivity index (χ3n) is 4.91. The lowest BCUT2D eigenvalue weighted by atomic mass is 9.95. The fourth-order valence-corrected chi connectivity index (χ4v) is 5.19. The van der Waals surface area contributed by atoms with Gasteiger partial charge in [-0.15, -0.1) is 0 Å². The van der Waals surface area contributed by atoms with Gasteiger partial charge in [-0.2, -0.15) is 0 Å². The predicted molar refractivity (Wildman–Crippen MR) is 109 cm³/mol. The minimum Gasteiger partial charge on any atom is -0.481 e. The molecule has 1 fully saturated rings. The Bertz CT molecular complexity index is 827. The number of hydrogen-bond donors (Lipinski definition) is 0. The molecule has 1 saturated heterocycles. The summed E-state index contributed by atoms with van der Waals surface area (Å²) in [7, 11) is -3.34. The molecule has 0 radical (unpaired) electrons. The van der Waals surface area contributed by atoms with Gasteiger partial charge < -0.3 is 9.26 Å². The summed E-state index contributed by atoms with van der Waals surface area (Å²) in [6.45, 7) is 6.76. The SMILES string of the molecule is CCC1=C(C)C=C(OC[P@]2(=O)OCCC(c3cccc(Cl)c3)O2)C=CC1C. The Morgan fingerprint density at radius 3 is 2.93 bits per heavy atom. The zero-order chi connectivity index (χ0) is 19.4. The van der Waals surface area contributed by atoms with Crippen LogP contribution in [0, 0.1) is 5.92 Å². The van der Waals surface area contributed by atoms with Crippen LogP contribution >= 0.6 is 19.2 Å². The second-order valence-electron chi connectivity index (χ2n) is 6.91. The summed E-state index contributed by atoms with van der Waals surface area (Å²) in [6, 6.07) is 7.42. The Labute approximate surface area is 166 Å². The largest absolute Gasteiger partial charge is 0.481 e. The highest BCUT2D eigenvalue weighted by Gasteiger charge is 2.35. The highest BCUT2D eigenvalue weighted by Crippen LogP contribution is 2.56. The molecule has 6 heteroatoms. The van der Waals surface area contributed by atoms with Crippen LogP contribution < -0.4 is 0 Å². The maximum absolute atomic E-state index is 13.0. The van der Waals surface area contributed by atoms with Crippen LogP contribution in [0.2, 0.25) is 5.02 Å². The highest BCUT2D eigenvalue weighted by atomic mass is 35.5. The predicted octanol–water partition coefficient (Wildman–Crippen LogP) is 6.80. The van der Waals surface area contributed by atoms with E-state index in [1.165, 1.54) is 11.1 Å². The van der Waals surface area contributed by atoms with Gasteiger partial charge in [-0.1, -0.05) is 49.2 Å². The van der Waals surface area contributed by atoms with Crippen LogP contribution in [0.3, 0.4) is 0 Å². The highest BCUT2D eigenvalue weighted by molar-refractivity contribution is 7.53. The third kappa shape index (κ3) is 5.14. The molecule has 0 N–H and O–H groups in total. The fraction of sp³-hybridized carbons (Fsp3) is 0.429. The minimum atomic E-state index is -3.34. The molecule has 1 aliphatic heterocycles. The van der Waals surface area contributed by atoms with Crippen LogP contribution in [0.15, 0.2) is 59.4 Å². The molecule has 1 aromatic carbocycles. The summed E-state index contributed by atoms with van der Waals surface area (Å²) < 4.78 is 30.1. The number of benzene rings is 1. The maximum Gasteiger partial charge on any atom is 0.368 e. The molecule has 0 aromatic heterocycles. The molecule has 146 valence electrons. The third-order valence-corrected chi connectivity index (χ3v) is 6.74. The van der Waals surface area contributed by atoms with Crippen molar-refractivity contribution in [2.24, 2.45) is 5.92 Å². The molecule has 0 bridgehead atoms. The molecule has 0 spiro atoms. The van der Waals surface area contributed by atoms with E-state index < -0.39 is 7.60 Å². The van der Waals surface area contributed by atoms with Crippen molar-refractivity contribution in [3.8, 4) is 0 Å². The maximum atomic E-state index is 13.0. The molecular formula is C21H26ClO4P. The standard InChI is InChI=1S/C21H26ClO4P/c1-4-20-15(2)8-9-19(12-16(20)3)24-14-27(23)25-11-10-21(26-27)17-6-5-7-18(22)13-17/h5-9,12-13,15,21H,4,10-11,14H2,1-3H3/t15?,21?,27-/m0/s1. The van der Waals surface area contributed by atoms with Crippen LogP contribution in [-0.4, -0.2) is 13.0 Å². The first-order valence-electron chi connectivity index (χ1n) is 9.30. The van der Waals surface area contributed by atoms with Crippen LogP contribution in [0.1, 0.15) is 45.3 Å². The van der Waals surface area contributed by atoms with E-state index in [0.29, 0.717) is 29.7 Å². The number of rotatable bonds is 5. The molecule has 4 nitrogen and oxygen atoms in total. The monoisotopic (exact) mass is 408 g/mol.